The van der Waals surface area contributed by atoms with Crippen LogP contribution in [-0.2, 0) is 64.0 Å². The molecule has 1 aromatic carbocycles. The molecule has 2 rings (SSSR count). The molecule has 0 unspecified atom stereocenters. The summed E-state index contributed by atoms with van der Waals surface area (Å²) >= 11 is 0. The molecular formula is C55H93N19O14S2. The Morgan fingerprint density at radius 1 is 0.556 bits per heavy atom. The second kappa shape index (κ2) is 41.3. The number of carboxylic acids is 1. The van der Waals surface area contributed by atoms with Gasteiger partial charge in [0.2, 0.25) is 65.0 Å². The standard InChI is InChI=1S/C55H93N19O14S2/c1-28(2)23-37-50(84)74-43(30(5)75)52(86)69-35(15-9-10-20-56)47(81)67-33(16-11-21-63-54(59)60)45(79)65-25-41(77)66-34(17-12-22-64-55(61)62)46(80)68-36(18-19-40(58)76)48(82)73-42(29(3)4)51(85)72-39(53(87)88)27-90-89-26-32(57)44(78)70-38(49(83)71-37)24-31-13-7-6-8-14-31/h6-8,13-14,28-30,32-39,42-43,75H,9-12,15-27,56-57H2,1-5H3,(H2,58,76)(H,65,79)(H,66,77)(H,67,81)(H,68,80)(H,69,86)(H,70,78)(H,71,83)(H,72,85)(H,73,82)(H,74,84)(H,87,88)(H4,59,60,63)(H4,61,62,64)/t30-,32+,33+,34+,35+,36+,37+,38+,39+,42+,43+/m1/s1. The number of hydrogen-bond donors (Lipinski definition) is 19. The van der Waals surface area contributed by atoms with E-state index in [2.05, 4.69) is 63.2 Å². The molecule has 26 N–H and O–H groups in total. The minimum absolute atomic E-state index is 0.0104. The van der Waals surface area contributed by atoms with Crippen LogP contribution in [0.3, 0.4) is 0 Å². The molecule has 90 heavy (non-hydrogen) atoms. The number of unbranched alkanes of at least 4 members (excludes halogenated alkanes) is 1. The quantitative estimate of drug-likeness (QED) is 0.0222. The molecular weight excluding hydrogens is 1210 g/mol. The number of carbonyl (C=O) groups is 12. The molecule has 33 nitrogen and oxygen atoms in total. The van der Waals surface area contributed by atoms with Crippen molar-refractivity contribution in [2.24, 2.45) is 62.0 Å². The van der Waals surface area contributed by atoms with Crippen molar-refractivity contribution < 1.29 is 67.7 Å². The topological polar surface area (TPSA) is 572 Å². The lowest BCUT2D eigenvalue weighted by atomic mass is 10.00. The highest BCUT2D eigenvalue weighted by molar-refractivity contribution is 8.76. The van der Waals surface area contributed by atoms with Crippen molar-refractivity contribution in [3.05, 3.63) is 35.9 Å². The number of guanidine groups is 2. The Labute approximate surface area is 530 Å². The van der Waals surface area contributed by atoms with Crippen LogP contribution in [0.1, 0.15) is 104 Å². The van der Waals surface area contributed by atoms with Crippen LogP contribution in [0.2, 0.25) is 0 Å². The summed E-state index contributed by atoms with van der Waals surface area (Å²) in [6, 6.07) is -6.22. The molecule has 0 aliphatic carbocycles. The summed E-state index contributed by atoms with van der Waals surface area (Å²) in [5.74, 6) is -13.7. The van der Waals surface area contributed by atoms with E-state index in [9.17, 15) is 67.7 Å². The number of hydrogen-bond acceptors (Lipinski definition) is 19. The summed E-state index contributed by atoms with van der Waals surface area (Å²) in [5.41, 5.74) is 40.1. The number of nitrogens with two attached hydrogens (primary N) is 7. The summed E-state index contributed by atoms with van der Waals surface area (Å²) < 4.78 is 0. The summed E-state index contributed by atoms with van der Waals surface area (Å²) in [6.07, 6.45) is -2.22. The minimum Gasteiger partial charge on any atom is -0.480 e. The first-order valence-corrected chi connectivity index (χ1v) is 32.0. The lowest BCUT2D eigenvalue weighted by molar-refractivity contribution is -0.142. The molecule has 11 atom stereocenters. The lowest BCUT2D eigenvalue weighted by Gasteiger charge is -2.29. The molecule has 1 heterocycles. The van der Waals surface area contributed by atoms with Gasteiger partial charge in [-0.25, -0.2) is 4.79 Å². The zero-order valence-corrected chi connectivity index (χ0v) is 53.1. The van der Waals surface area contributed by atoms with Gasteiger partial charge in [0.25, 0.3) is 0 Å². The zero-order valence-electron chi connectivity index (χ0n) is 51.5. The van der Waals surface area contributed by atoms with E-state index in [1.165, 1.54) is 6.92 Å². The second-order valence-corrected chi connectivity index (χ2v) is 24.7. The number of rotatable bonds is 22. The maximum Gasteiger partial charge on any atom is 0.327 e. The van der Waals surface area contributed by atoms with E-state index >= 15 is 0 Å². The first kappa shape index (κ1) is 78.1. The fourth-order valence-corrected chi connectivity index (χ4v) is 11.0. The highest BCUT2D eigenvalue weighted by atomic mass is 33.1. The average Bonchev–Trinajstić information content (AvgIpc) is 1.37. The van der Waals surface area contributed by atoms with Gasteiger partial charge in [0.1, 0.15) is 54.4 Å². The number of nitrogens with one attached hydrogen (secondary N) is 10. The third-order valence-corrected chi connectivity index (χ3v) is 16.0. The zero-order chi connectivity index (χ0) is 67.6. The van der Waals surface area contributed by atoms with Crippen LogP contribution in [0.4, 0.5) is 0 Å². The van der Waals surface area contributed by atoms with Gasteiger partial charge in [-0.05, 0) is 88.7 Å². The average molecular weight is 1310 g/mol. The SMILES string of the molecule is CC(C)C[C@@H]1NC(=O)[C@H](Cc2ccccc2)NC(=O)[C@@H](N)CSSC[C@@H](C(=O)O)NC(=O)[C@H](C(C)C)NC(=O)[C@H](CCC(N)=O)NC(=O)[C@H](CCCN=C(N)N)NC(=O)CNC(=O)[C@H](CCCN=C(N)N)NC(=O)[C@H](CCCCN)NC(=O)[C@H]([C@@H](C)O)NC1=O. The van der Waals surface area contributed by atoms with Crippen molar-refractivity contribution in [3.63, 3.8) is 0 Å². The fraction of sp³-hybridized carbons (Fsp3) is 0.636. The van der Waals surface area contributed by atoms with E-state index in [-0.39, 0.29) is 100 Å². The van der Waals surface area contributed by atoms with Crippen LogP contribution in [0.5, 0.6) is 0 Å². The van der Waals surface area contributed by atoms with Crippen molar-refractivity contribution in [3.8, 4) is 0 Å². The Hall–Kier alpha value is -8.02. The second-order valence-electron chi connectivity index (χ2n) is 22.2. The molecule has 1 fully saturated rings. The van der Waals surface area contributed by atoms with Gasteiger partial charge < -0.3 is 104 Å². The highest BCUT2D eigenvalue weighted by Gasteiger charge is 2.37. The third kappa shape index (κ3) is 30.5. The molecule has 0 aromatic heterocycles. The van der Waals surface area contributed by atoms with Crippen molar-refractivity contribution in [2.75, 3.05) is 37.7 Å². The number of benzene rings is 1. The number of aliphatic carboxylic acids is 1. The van der Waals surface area contributed by atoms with Crippen molar-refractivity contribution >= 4 is 104 Å². The van der Waals surface area contributed by atoms with E-state index in [4.69, 9.17) is 40.1 Å². The van der Waals surface area contributed by atoms with Gasteiger partial charge in [-0.2, -0.15) is 0 Å². The predicted octanol–water partition coefficient (Wildman–Crippen LogP) is -5.90. The van der Waals surface area contributed by atoms with Gasteiger partial charge in [-0.15, -0.1) is 0 Å². The lowest BCUT2D eigenvalue weighted by Crippen LogP contribution is -2.62. The number of carbonyl (C=O) groups excluding carboxylic acids is 11. The molecule has 35 heteroatoms. The van der Waals surface area contributed by atoms with E-state index in [1.54, 1.807) is 58.0 Å². The first-order chi connectivity index (χ1) is 42.4. The Balaban J connectivity index is 2.79. The van der Waals surface area contributed by atoms with Crippen LogP contribution in [0, 0.1) is 11.8 Å². The summed E-state index contributed by atoms with van der Waals surface area (Å²) in [6.45, 7) is 7.12. The van der Waals surface area contributed by atoms with Gasteiger partial charge in [-0.1, -0.05) is 79.6 Å². The number of carboxylic acid groups (broad SMARTS) is 1. The van der Waals surface area contributed by atoms with Crippen molar-refractivity contribution in [2.45, 2.75) is 172 Å². The molecule has 1 aliphatic rings. The van der Waals surface area contributed by atoms with Crippen LogP contribution in [0.15, 0.2) is 40.3 Å². The van der Waals surface area contributed by atoms with Crippen molar-refractivity contribution in [1.29, 1.82) is 0 Å². The molecule has 0 radical (unpaired) electrons. The van der Waals surface area contributed by atoms with Gasteiger partial charge in [0.15, 0.2) is 11.9 Å². The first-order valence-electron chi connectivity index (χ1n) is 29.5. The number of aliphatic hydroxyl groups excluding tert-OH is 1. The molecule has 1 aliphatic heterocycles. The van der Waals surface area contributed by atoms with Crippen LogP contribution in [-0.4, -0.2) is 197 Å². The molecule has 0 spiro atoms. The Morgan fingerprint density at radius 2 is 1.02 bits per heavy atom. The number of aliphatic hydroxyl groups is 1. The number of aliphatic imine (C=N–C) groups is 2. The molecule has 504 valence electrons. The molecule has 1 saturated heterocycles. The molecule has 1 aromatic rings. The minimum atomic E-state index is -1.75. The number of nitrogens with zero attached hydrogens (tertiary/aromatic N) is 2. The normalized spacial score (nSPS) is 24.5. The summed E-state index contributed by atoms with van der Waals surface area (Å²) in [7, 11) is 1.90. The van der Waals surface area contributed by atoms with Crippen LogP contribution < -0.4 is 93.3 Å². The van der Waals surface area contributed by atoms with Crippen LogP contribution in [0.25, 0.3) is 0 Å². The maximum absolute atomic E-state index is 14.3. The summed E-state index contributed by atoms with van der Waals surface area (Å²) in [4.78, 5) is 173. The molecule has 11 amide bonds. The Kier molecular flexibility index (Phi) is 35.8. The smallest absolute Gasteiger partial charge is 0.327 e. The predicted molar refractivity (Wildman–Crippen MR) is 338 cm³/mol. The molecule has 0 saturated carbocycles. The Morgan fingerprint density at radius 3 is 1.56 bits per heavy atom. The molecule has 0 bridgehead atoms. The van der Waals surface area contributed by atoms with Gasteiger partial charge in [0.05, 0.1) is 18.7 Å². The third-order valence-electron chi connectivity index (χ3n) is 13.6. The fourth-order valence-electron chi connectivity index (χ4n) is 8.71. The van der Waals surface area contributed by atoms with Crippen molar-refractivity contribution in [1.82, 2.24) is 53.2 Å². The van der Waals surface area contributed by atoms with E-state index in [1.807, 2.05) is 0 Å². The van der Waals surface area contributed by atoms with E-state index < -0.39 is 163 Å². The Bertz CT molecular complexity index is 2630. The van der Waals surface area contributed by atoms with Gasteiger partial charge in [-0.3, -0.25) is 62.7 Å². The van der Waals surface area contributed by atoms with E-state index in [0.717, 1.165) is 21.6 Å². The number of amides is 11. The largest absolute Gasteiger partial charge is 0.480 e. The van der Waals surface area contributed by atoms with E-state index in [0.29, 0.717) is 12.0 Å². The highest BCUT2D eigenvalue weighted by Crippen LogP contribution is 2.23. The monoisotopic (exact) mass is 1310 g/mol. The van der Waals surface area contributed by atoms with Gasteiger partial charge in [0, 0.05) is 37.4 Å². The maximum atomic E-state index is 14.3. The summed E-state index contributed by atoms with van der Waals surface area (Å²) in [5, 5.41) is 46.4. The number of primary amides is 1. The van der Waals surface area contributed by atoms with Crippen LogP contribution >= 0.6 is 21.6 Å². The van der Waals surface area contributed by atoms with Gasteiger partial charge >= 0.3 is 5.97 Å².